The van der Waals surface area contributed by atoms with Gasteiger partial charge in [0.05, 0.1) is 31.5 Å². The highest BCUT2D eigenvalue weighted by atomic mass is 16.5. The summed E-state index contributed by atoms with van der Waals surface area (Å²) in [5, 5.41) is 9.70. The summed E-state index contributed by atoms with van der Waals surface area (Å²) in [6, 6.07) is 0.570. The third-order valence-electron chi connectivity index (χ3n) is 3.40. The van der Waals surface area contributed by atoms with Crippen LogP contribution < -0.4 is 0 Å². The number of likely N-dealkylation sites (N-methyl/N-ethyl adjacent to an activating group) is 1. The zero-order valence-corrected chi connectivity index (χ0v) is 8.85. The first-order valence-corrected chi connectivity index (χ1v) is 5.29. The van der Waals surface area contributed by atoms with E-state index in [-0.39, 0.29) is 18.2 Å². The molecular formula is C10H19NO3. The lowest BCUT2D eigenvalue weighted by Gasteiger charge is -2.32. The van der Waals surface area contributed by atoms with E-state index in [1.165, 1.54) is 0 Å². The summed E-state index contributed by atoms with van der Waals surface area (Å²) in [7, 11) is 2.05. The van der Waals surface area contributed by atoms with Crippen molar-refractivity contribution in [1.82, 2.24) is 4.90 Å². The van der Waals surface area contributed by atoms with Crippen molar-refractivity contribution in [2.24, 2.45) is 0 Å². The molecule has 2 heterocycles. The van der Waals surface area contributed by atoms with Gasteiger partial charge in [0.15, 0.2) is 0 Å². The molecule has 0 bridgehead atoms. The molecule has 2 saturated heterocycles. The first-order chi connectivity index (χ1) is 6.70. The molecule has 4 unspecified atom stereocenters. The molecule has 2 aliphatic rings. The van der Waals surface area contributed by atoms with Crippen LogP contribution in [-0.4, -0.2) is 61.2 Å². The molecule has 82 valence electrons. The molecule has 4 nitrogen and oxygen atoms in total. The van der Waals surface area contributed by atoms with Gasteiger partial charge in [0.25, 0.3) is 0 Å². The zero-order chi connectivity index (χ0) is 10.1. The predicted octanol–water partition coefficient (Wildman–Crippen LogP) is -0.145. The minimum absolute atomic E-state index is 0.143. The van der Waals surface area contributed by atoms with Crippen LogP contribution >= 0.6 is 0 Å². The smallest absolute Gasteiger partial charge is 0.0950 e. The Bertz CT molecular complexity index is 180. The number of hydrogen-bond donors (Lipinski definition) is 1. The van der Waals surface area contributed by atoms with E-state index in [1.807, 2.05) is 0 Å². The Morgan fingerprint density at radius 3 is 2.57 bits per heavy atom. The fourth-order valence-electron chi connectivity index (χ4n) is 2.42. The average Bonchev–Trinajstić information content (AvgIpc) is 2.73. The van der Waals surface area contributed by atoms with Gasteiger partial charge in [-0.15, -0.1) is 0 Å². The Morgan fingerprint density at radius 2 is 2.07 bits per heavy atom. The lowest BCUT2D eigenvalue weighted by molar-refractivity contribution is 0.0365. The maximum absolute atomic E-state index is 9.70. The van der Waals surface area contributed by atoms with Crippen molar-refractivity contribution in [2.45, 2.75) is 37.6 Å². The van der Waals surface area contributed by atoms with Gasteiger partial charge in [-0.25, -0.2) is 0 Å². The maximum atomic E-state index is 9.70. The van der Waals surface area contributed by atoms with Gasteiger partial charge in [-0.05, 0) is 20.4 Å². The molecule has 2 rings (SSSR count). The maximum Gasteiger partial charge on any atom is 0.0950 e. The molecule has 14 heavy (non-hydrogen) atoms. The van der Waals surface area contributed by atoms with Crippen molar-refractivity contribution in [2.75, 3.05) is 26.9 Å². The summed E-state index contributed by atoms with van der Waals surface area (Å²) < 4.78 is 10.8. The van der Waals surface area contributed by atoms with Gasteiger partial charge in [-0.1, -0.05) is 0 Å². The van der Waals surface area contributed by atoms with Crippen molar-refractivity contribution in [3.05, 3.63) is 0 Å². The number of aliphatic hydroxyl groups excluding tert-OH is 1. The standard InChI is InChI=1S/C10H19NO3/c1-7-8(3-4-14-7)11(2)9-5-13-6-10(9)12/h7-10,12H,3-6H2,1-2H3. The van der Waals surface area contributed by atoms with Gasteiger partial charge in [0, 0.05) is 12.6 Å². The van der Waals surface area contributed by atoms with Crippen LogP contribution in [-0.2, 0) is 9.47 Å². The number of hydrogen-bond acceptors (Lipinski definition) is 4. The Labute approximate surface area is 84.8 Å². The summed E-state index contributed by atoms with van der Waals surface area (Å²) in [5.41, 5.74) is 0. The topological polar surface area (TPSA) is 41.9 Å². The summed E-state index contributed by atoms with van der Waals surface area (Å²) in [6.07, 6.45) is 0.988. The normalized spacial score (nSPS) is 43.7. The molecular weight excluding hydrogens is 182 g/mol. The Morgan fingerprint density at radius 1 is 1.29 bits per heavy atom. The van der Waals surface area contributed by atoms with Crippen LogP contribution in [0.3, 0.4) is 0 Å². The second-order valence-corrected chi connectivity index (χ2v) is 4.27. The largest absolute Gasteiger partial charge is 0.389 e. The fraction of sp³-hybridized carbons (Fsp3) is 1.00. The highest BCUT2D eigenvalue weighted by molar-refractivity contribution is 4.89. The quantitative estimate of drug-likeness (QED) is 0.675. The number of rotatable bonds is 2. The molecule has 4 atom stereocenters. The van der Waals surface area contributed by atoms with E-state index < -0.39 is 0 Å². The number of aliphatic hydroxyl groups is 1. The third-order valence-corrected chi connectivity index (χ3v) is 3.40. The van der Waals surface area contributed by atoms with Crippen molar-refractivity contribution in [3.63, 3.8) is 0 Å². The minimum Gasteiger partial charge on any atom is -0.389 e. The molecule has 0 aromatic heterocycles. The Balaban J connectivity index is 1.96. The fourth-order valence-corrected chi connectivity index (χ4v) is 2.42. The summed E-state index contributed by atoms with van der Waals surface area (Å²) in [4.78, 5) is 2.22. The first-order valence-electron chi connectivity index (χ1n) is 5.29. The first kappa shape index (κ1) is 10.4. The van der Waals surface area contributed by atoms with Gasteiger partial charge in [0.1, 0.15) is 0 Å². The van der Waals surface area contributed by atoms with Crippen molar-refractivity contribution in [3.8, 4) is 0 Å². The van der Waals surface area contributed by atoms with Gasteiger partial charge in [-0.2, -0.15) is 0 Å². The van der Waals surface area contributed by atoms with Crippen molar-refractivity contribution in [1.29, 1.82) is 0 Å². The highest BCUT2D eigenvalue weighted by Gasteiger charge is 2.37. The van der Waals surface area contributed by atoms with Crippen LogP contribution in [0.25, 0.3) is 0 Å². The third kappa shape index (κ3) is 1.80. The molecule has 1 N–H and O–H groups in total. The number of ether oxygens (including phenoxy) is 2. The van der Waals surface area contributed by atoms with Crippen molar-refractivity contribution < 1.29 is 14.6 Å². The van der Waals surface area contributed by atoms with Crippen LogP contribution in [0.4, 0.5) is 0 Å². The molecule has 0 aromatic carbocycles. The zero-order valence-electron chi connectivity index (χ0n) is 8.85. The van der Waals surface area contributed by atoms with E-state index >= 15 is 0 Å². The SMILES string of the molecule is CC1OCCC1N(C)C1COCC1O. The van der Waals surface area contributed by atoms with Gasteiger partial charge in [-0.3, -0.25) is 4.90 Å². The van der Waals surface area contributed by atoms with Gasteiger partial charge in [0.2, 0.25) is 0 Å². The van der Waals surface area contributed by atoms with E-state index in [4.69, 9.17) is 9.47 Å². The average molecular weight is 201 g/mol. The predicted molar refractivity (Wildman–Crippen MR) is 52.2 cm³/mol. The van der Waals surface area contributed by atoms with Crippen LogP contribution in [0.5, 0.6) is 0 Å². The molecule has 2 fully saturated rings. The second kappa shape index (κ2) is 4.14. The van der Waals surface area contributed by atoms with Crippen LogP contribution in [0, 0.1) is 0 Å². The van der Waals surface area contributed by atoms with Crippen molar-refractivity contribution >= 4 is 0 Å². The summed E-state index contributed by atoms with van der Waals surface area (Å²) >= 11 is 0. The Hall–Kier alpha value is -0.160. The molecule has 0 aliphatic carbocycles. The van der Waals surface area contributed by atoms with Gasteiger partial charge >= 0.3 is 0 Å². The molecule has 2 aliphatic heterocycles. The molecule has 0 saturated carbocycles. The molecule has 0 spiro atoms. The molecule has 0 radical (unpaired) electrons. The Kier molecular flexibility index (Phi) is 3.07. The van der Waals surface area contributed by atoms with Crippen LogP contribution in [0.2, 0.25) is 0 Å². The number of nitrogens with zero attached hydrogens (tertiary/aromatic N) is 1. The van der Waals surface area contributed by atoms with E-state index in [1.54, 1.807) is 0 Å². The monoisotopic (exact) mass is 201 g/mol. The van der Waals surface area contributed by atoms with E-state index in [0.29, 0.717) is 19.3 Å². The second-order valence-electron chi connectivity index (χ2n) is 4.27. The lowest BCUT2D eigenvalue weighted by atomic mass is 10.1. The highest BCUT2D eigenvalue weighted by Crippen LogP contribution is 2.23. The van der Waals surface area contributed by atoms with E-state index in [0.717, 1.165) is 13.0 Å². The lowest BCUT2D eigenvalue weighted by Crippen LogP contribution is -2.48. The van der Waals surface area contributed by atoms with Crippen LogP contribution in [0.1, 0.15) is 13.3 Å². The van der Waals surface area contributed by atoms with E-state index in [2.05, 4.69) is 18.9 Å². The van der Waals surface area contributed by atoms with E-state index in [9.17, 15) is 5.11 Å². The summed E-state index contributed by atoms with van der Waals surface area (Å²) in [5.74, 6) is 0. The molecule has 0 amide bonds. The summed E-state index contributed by atoms with van der Waals surface area (Å²) in [6.45, 7) is 4.04. The van der Waals surface area contributed by atoms with Crippen LogP contribution in [0.15, 0.2) is 0 Å². The minimum atomic E-state index is -0.340. The molecule has 0 aromatic rings. The van der Waals surface area contributed by atoms with Gasteiger partial charge < -0.3 is 14.6 Å². The molecule has 4 heteroatoms.